The molecule has 30 heavy (non-hydrogen) atoms. The number of H-pyrrole nitrogens is 1. The van der Waals surface area contributed by atoms with E-state index in [2.05, 4.69) is 25.5 Å². The highest BCUT2D eigenvalue weighted by atomic mass is 32.1. The monoisotopic (exact) mass is 419 g/mol. The molecule has 2 aromatic carbocycles. The fourth-order valence-corrected chi connectivity index (χ4v) is 3.81. The molecule has 0 aliphatic carbocycles. The zero-order chi connectivity index (χ0) is 20.7. The van der Waals surface area contributed by atoms with E-state index in [9.17, 15) is 10.1 Å². The van der Waals surface area contributed by atoms with Crippen LogP contribution >= 0.6 is 11.3 Å². The van der Waals surface area contributed by atoms with Gasteiger partial charge in [0.2, 0.25) is 4.96 Å². The Hall–Kier alpha value is -4.12. The van der Waals surface area contributed by atoms with Crippen molar-refractivity contribution in [1.82, 2.24) is 30.0 Å². The third kappa shape index (κ3) is 3.06. The molecule has 1 N–H and O–H groups in total. The molecule has 10 nitrogen and oxygen atoms in total. The van der Waals surface area contributed by atoms with Gasteiger partial charge in [-0.15, -0.1) is 10.2 Å². The number of nitrogens with zero attached hydrogens (tertiary/aromatic N) is 6. The summed E-state index contributed by atoms with van der Waals surface area (Å²) < 4.78 is 6.76. The van der Waals surface area contributed by atoms with Crippen LogP contribution in [0.3, 0.4) is 0 Å². The van der Waals surface area contributed by atoms with Gasteiger partial charge in [-0.05, 0) is 30.3 Å². The number of methoxy groups -OCH3 is 1. The highest BCUT2D eigenvalue weighted by molar-refractivity contribution is 7.19. The van der Waals surface area contributed by atoms with Crippen molar-refractivity contribution in [3.8, 4) is 39.1 Å². The SMILES string of the molecule is COc1ccc(-c2cc(-c3nn4c(-c5cccc([N+](=O)[O-])c5)nnc4s3)[nH]n2)cc1. The summed E-state index contributed by atoms with van der Waals surface area (Å²) in [7, 11) is 1.62. The van der Waals surface area contributed by atoms with E-state index < -0.39 is 4.92 Å². The van der Waals surface area contributed by atoms with Gasteiger partial charge in [0.1, 0.15) is 5.75 Å². The summed E-state index contributed by atoms with van der Waals surface area (Å²) in [5, 5.41) is 32.0. The Morgan fingerprint density at radius 2 is 1.93 bits per heavy atom. The fraction of sp³-hybridized carbons (Fsp3) is 0.0526. The lowest BCUT2D eigenvalue weighted by atomic mass is 10.1. The number of fused-ring (bicyclic) bond motifs is 1. The maximum absolute atomic E-state index is 11.1. The lowest BCUT2D eigenvalue weighted by Gasteiger charge is -1.99. The van der Waals surface area contributed by atoms with Gasteiger partial charge < -0.3 is 4.74 Å². The molecule has 0 aliphatic heterocycles. The molecule has 11 heteroatoms. The van der Waals surface area contributed by atoms with Crippen molar-refractivity contribution in [1.29, 1.82) is 0 Å². The highest BCUT2D eigenvalue weighted by Gasteiger charge is 2.18. The van der Waals surface area contributed by atoms with Crippen LogP contribution in [0.25, 0.3) is 38.3 Å². The Morgan fingerprint density at radius 3 is 2.70 bits per heavy atom. The van der Waals surface area contributed by atoms with Crippen molar-refractivity contribution < 1.29 is 9.66 Å². The molecule has 5 aromatic rings. The molecule has 0 fully saturated rings. The molecule has 3 aromatic heterocycles. The number of nitro benzene ring substituents is 1. The maximum Gasteiger partial charge on any atom is 0.270 e. The number of nitrogens with one attached hydrogen (secondary N) is 1. The molecular formula is C19H13N7O3S. The van der Waals surface area contributed by atoms with Gasteiger partial charge in [-0.3, -0.25) is 15.2 Å². The summed E-state index contributed by atoms with van der Waals surface area (Å²) in [6.07, 6.45) is 0. The molecule has 0 radical (unpaired) electrons. The molecule has 0 spiro atoms. The first-order chi connectivity index (χ1) is 14.6. The number of aromatic nitrogens is 6. The summed E-state index contributed by atoms with van der Waals surface area (Å²) in [5.41, 5.74) is 3.01. The second kappa shape index (κ2) is 7.04. The van der Waals surface area contributed by atoms with Gasteiger partial charge in [0.25, 0.3) is 5.69 Å². The summed E-state index contributed by atoms with van der Waals surface area (Å²) >= 11 is 1.34. The van der Waals surface area contributed by atoms with E-state index in [0.29, 0.717) is 21.4 Å². The second-order valence-corrected chi connectivity index (χ2v) is 7.28. The predicted molar refractivity (Wildman–Crippen MR) is 110 cm³/mol. The molecule has 0 aliphatic rings. The number of ether oxygens (including phenoxy) is 1. The average Bonchev–Trinajstić information content (AvgIpc) is 3.49. The van der Waals surface area contributed by atoms with Crippen LogP contribution in [0.2, 0.25) is 0 Å². The van der Waals surface area contributed by atoms with Crippen molar-refractivity contribution in [2.75, 3.05) is 7.11 Å². The Labute approximate surface area is 172 Å². The molecule has 3 heterocycles. The van der Waals surface area contributed by atoms with E-state index in [0.717, 1.165) is 22.7 Å². The van der Waals surface area contributed by atoms with Crippen LogP contribution in [0.15, 0.2) is 54.6 Å². The standard InChI is InChI=1S/C19H13N7O3S/c1-29-14-7-5-11(6-8-14)15-10-16(21-20-15)18-24-25-17(22-23-19(25)30-18)12-3-2-4-13(9-12)26(27)28/h2-10H,1H3,(H,20,21). The first kappa shape index (κ1) is 17.9. The molecule has 0 unspecified atom stereocenters. The third-order valence-corrected chi connectivity index (χ3v) is 5.43. The molecule has 5 rings (SSSR count). The van der Waals surface area contributed by atoms with Crippen molar-refractivity contribution in [3.05, 3.63) is 64.7 Å². The van der Waals surface area contributed by atoms with E-state index >= 15 is 0 Å². The minimum absolute atomic E-state index is 0.0163. The molecule has 0 amide bonds. The Balaban J connectivity index is 1.50. The topological polar surface area (TPSA) is 124 Å². The van der Waals surface area contributed by atoms with Crippen LogP contribution in [0.1, 0.15) is 0 Å². The number of hydrogen-bond acceptors (Lipinski definition) is 8. The van der Waals surface area contributed by atoms with E-state index in [1.165, 1.54) is 23.5 Å². The molecule has 0 bridgehead atoms. The second-order valence-electron chi connectivity index (χ2n) is 6.33. The molecular weight excluding hydrogens is 406 g/mol. The average molecular weight is 419 g/mol. The third-order valence-electron chi connectivity index (χ3n) is 4.50. The minimum Gasteiger partial charge on any atom is -0.497 e. The number of benzene rings is 2. The molecule has 0 saturated carbocycles. The zero-order valence-electron chi connectivity index (χ0n) is 15.5. The van der Waals surface area contributed by atoms with Crippen LogP contribution in [-0.4, -0.2) is 42.0 Å². The summed E-state index contributed by atoms with van der Waals surface area (Å²) in [6.45, 7) is 0. The van der Waals surface area contributed by atoms with Crippen LogP contribution in [0, 0.1) is 10.1 Å². The number of aromatic amines is 1. The van der Waals surface area contributed by atoms with E-state index in [1.807, 2.05) is 30.3 Å². The van der Waals surface area contributed by atoms with E-state index in [-0.39, 0.29) is 5.69 Å². The summed E-state index contributed by atoms with van der Waals surface area (Å²) in [4.78, 5) is 11.2. The molecule has 0 saturated heterocycles. The quantitative estimate of drug-likeness (QED) is 0.339. The summed E-state index contributed by atoms with van der Waals surface area (Å²) in [6, 6.07) is 15.7. The van der Waals surface area contributed by atoms with Crippen molar-refractivity contribution >= 4 is 22.0 Å². The Bertz CT molecular complexity index is 1370. The van der Waals surface area contributed by atoms with Crippen LogP contribution in [-0.2, 0) is 0 Å². The Morgan fingerprint density at radius 1 is 1.10 bits per heavy atom. The van der Waals surface area contributed by atoms with Crippen LogP contribution < -0.4 is 4.74 Å². The van der Waals surface area contributed by atoms with E-state index in [4.69, 9.17) is 4.74 Å². The van der Waals surface area contributed by atoms with E-state index in [1.54, 1.807) is 23.8 Å². The fourth-order valence-electron chi connectivity index (χ4n) is 3.01. The van der Waals surface area contributed by atoms with Gasteiger partial charge in [-0.2, -0.15) is 14.7 Å². The first-order valence-electron chi connectivity index (χ1n) is 8.79. The van der Waals surface area contributed by atoms with Gasteiger partial charge in [-0.1, -0.05) is 23.5 Å². The lowest BCUT2D eigenvalue weighted by Crippen LogP contribution is -1.93. The van der Waals surface area contributed by atoms with Gasteiger partial charge in [0, 0.05) is 23.3 Å². The van der Waals surface area contributed by atoms with Gasteiger partial charge in [0.15, 0.2) is 10.8 Å². The predicted octanol–water partition coefficient (Wildman–Crippen LogP) is 3.83. The molecule has 148 valence electrons. The van der Waals surface area contributed by atoms with Crippen LogP contribution in [0.4, 0.5) is 5.69 Å². The zero-order valence-corrected chi connectivity index (χ0v) is 16.3. The van der Waals surface area contributed by atoms with Crippen molar-refractivity contribution in [3.63, 3.8) is 0 Å². The van der Waals surface area contributed by atoms with Gasteiger partial charge in [0.05, 0.1) is 23.4 Å². The highest BCUT2D eigenvalue weighted by Crippen LogP contribution is 2.30. The van der Waals surface area contributed by atoms with Gasteiger partial charge >= 0.3 is 0 Å². The van der Waals surface area contributed by atoms with Gasteiger partial charge in [-0.25, -0.2) is 0 Å². The number of non-ortho nitro benzene ring substituents is 1. The Kier molecular flexibility index (Phi) is 4.21. The number of hydrogen-bond donors (Lipinski definition) is 1. The maximum atomic E-state index is 11.1. The number of nitro groups is 1. The van der Waals surface area contributed by atoms with Crippen molar-refractivity contribution in [2.24, 2.45) is 0 Å². The normalized spacial score (nSPS) is 11.1. The summed E-state index contributed by atoms with van der Waals surface area (Å²) in [5.74, 6) is 1.21. The molecule has 0 atom stereocenters. The number of rotatable bonds is 5. The van der Waals surface area contributed by atoms with Crippen LogP contribution in [0.5, 0.6) is 5.75 Å². The lowest BCUT2D eigenvalue weighted by molar-refractivity contribution is -0.384. The smallest absolute Gasteiger partial charge is 0.270 e. The minimum atomic E-state index is -0.445. The first-order valence-corrected chi connectivity index (χ1v) is 9.61. The largest absolute Gasteiger partial charge is 0.497 e. The van der Waals surface area contributed by atoms with Crippen molar-refractivity contribution in [2.45, 2.75) is 0 Å².